The van der Waals surface area contributed by atoms with Crippen molar-refractivity contribution in [2.24, 2.45) is 5.92 Å². The molecule has 2 aromatic carbocycles. The van der Waals surface area contributed by atoms with Gasteiger partial charge in [0.1, 0.15) is 5.82 Å². The number of anilines is 1. The number of halogens is 1. The summed E-state index contributed by atoms with van der Waals surface area (Å²) in [6, 6.07) is 12.1. The molecular formula is C26H36FN3O4S. The predicted octanol–water partition coefficient (Wildman–Crippen LogP) is 3.44. The number of rotatable bonds is 9. The van der Waals surface area contributed by atoms with E-state index in [4.69, 9.17) is 4.74 Å². The van der Waals surface area contributed by atoms with Gasteiger partial charge in [0.2, 0.25) is 10.0 Å². The second-order valence-corrected chi connectivity index (χ2v) is 11.7. The van der Waals surface area contributed by atoms with Crippen LogP contribution >= 0.6 is 0 Å². The fourth-order valence-corrected chi connectivity index (χ4v) is 6.04. The number of hydrogen-bond donors (Lipinski definition) is 2. The number of nitrogens with one attached hydrogen (secondary N) is 1. The minimum Gasteiger partial charge on any atom is -0.396 e. The molecule has 0 radical (unpaired) electrons. The molecule has 1 aliphatic heterocycles. The van der Waals surface area contributed by atoms with Crippen LogP contribution in [0.1, 0.15) is 36.8 Å². The third-order valence-corrected chi connectivity index (χ3v) is 8.79. The average molecular weight is 506 g/mol. The van der Waals surface area contributed by atoms with Crippen molar-refractivity contribution < 1.29 is 22.7 Å². The fourth-order valence-electron chi connectivity index (χ4n) is 4.87. The van der Waals surface area contributed by atoms with E-state index in [1.807, 2.05) is 24.3 Å². The van der Waals surface area contributed by atoms with Crippen LogP contribution in [0.3, 0.4) is 0 Å². The van der Waals surface area contributed by atoms with E-state index in [1.165, 1.54) is 29.0 Å². The van der Waals surface area contributed by atoms with Crippen LogP contribution in [0.5, 0.6) is 0 Å². The van der Waals surface area contributed by atoms with Crippen LogP contribution in [0.2, 0.25) is 0 Å². The maximum Gasteiger partial charge on any atom is 0.243 e. The summed E-state index contributed by atoms with van der Waals surface area (Å²) in [4.78, 5) is 2.27. The van der Waals surface area contributed by atoms with Gasteiger partial charge in [-0.25, -0.2) is 12.8 Å². The Kier molecular flexibility index (Phi) is 8.77. The zero-order chi connectivity index (χ0) is 24.8. The summed E-state index contributed by atoms with van der Waals surface area (Å²) in [6.07, 6.45) is 3.65. The van der Waals surface area contributed by atoms with Crippen molar-refractivity contribution in [1.82, 2.24) is 9.21 Å². The normalized spacial score (nSPS) is 21.8. The van der Waals surface area contributed by atoms with E-state index in [2.05, 4.69) is 10.2 Å². The highest BCUT2D eigenvalue weighted by Gasteiger charge is 2.25. The van der Waals surface area contributed by atoms with Crippen LogP contribution in [0.15, 0.2) is 47.4 Å². The lowest BCUT2D eigenvalue weighted by molar-refractivity contribution is 0.0342. The Balaban J connectivity index is 1.37. The molecule has 192 valence electrons. The molecular weight excluding hydrogens is 469 g/mol. The van der Waals surface area contributed by atoms with E-state index in [9.17, 15) is 17.9 Å². The van der Waals surface area contributed by atoms with Gasteiger partial charge in [-0.1, -0.05) is 30.7 Å². The SMILES string of the molecule is CN(Cc1ccc(CN2CCOCC2)cc1)S(=O)(=O)c1ccc(N[C@@H]2CCC[C@H](CO)C2)c(F)c1. The van der Waals surface area contributed by atoms with Gasteiger partial charge in [0.15, 0.2) is 0 Å². The molecule has 0 unspecified atom stereocenters. The minimum absolute atomic E-state index is 0.0659. The Morgan fingerprint density at radius 2 is 1.83 bits per heavy atom. The Bertz CT molecular complexity index is 1070. The number of hydrogen-bond acceptors (Lipinski definition) is 6. The monoisotopic (exact) mass is 505 g/mol. The maximum absolute atomic E-state index is 14.8. The van der Waals surface area contributed by atoms with Crippen molar-refractivity contribution in [2.45, 2.75) is 49.7 Å². The number of nitrogens with zero attached hydrogens (tertiary/aromatic N) is 2. The van der Waals surface area contributed by atoms with Gasteiger partial charge in [0.25, 0.3) is 0 Å². The van der Waals surface area contributed by atoms with Crippen LogP contribution in [-0.4, -0.2) is 68.7 Å². The minimum atomic E-state index is -3.84. The van der Waals surface area contributed by atoms with E-state index in [0.717, 1.165) is 70.2 Å². The van der Waals surface area contributed by atoms with Crippen molar-refractivity contribution in [1.29, 1.82) is 0 Å². The molecule has 0 spiro atoms. The van der Waals surface area contributed by atoms with Crippen LogP contribution < -0.4 is 5.32 Å². The van der Waals surface area contributed by atoms with Gasteiger partial charge in [0, 0.05) is 45.9 Å². The van der Waals surface area contributed by atoms with Gasteiger partial charge in [0.05, 0.1) is 23.8 Å². The second-order valence-electron chi connectivity index (χ2n) is 9.66. The van der Waals surface area contributed by atoms with Gasteiger partial charge in [-0.3, -0.25) is 4.90 Å². The molecule has 2 atom stereocenters. The molecule has 2 aliphatic rings. The molecule has 4 rings (SSSR count). The van der Waals surface area contributed by atoms with Crippen LogP contribution in [-0.2, 0) is 27.8 Å². The Morgan fingerprint density at radius 3 is 2.51 bits per heavy atom. The number of sulfonamides is 1. The van der Waals surface area contributed by atoms with Crippen molar-refractivity contribution in [3.63, 3.8) is 0 Å². The summed E-state index contributed by atoms with van der Waals surface area (Å²) in [6.45, 7) is 4.52. The molecule has 7 nitrogen and oxygen atoms in total. The molecule has 2 N–H and O–H groups in total. The molecule has 1 saturated carbocycles. The molecule has 9 heteroatoms. The van der Waals surface area contributed by atoms with Crippen molar-refractivity contribution in [2.75, 3.05) is 45.3 Å². The molecule has 1 saturated heterocycles. The van der Waals surface area contributed by atoms with Crippen LogP contribution in [0.25, 0.3) is 0 Å². The van der Waals surface area contributed by atoms with Crippen LogP contribution in [0, 0.1) is 11.7 Å². The Labute approximate surface area is 207 Å². The second kappa shape index (κ2) is 11.8. The van der Waals surface area contributed by atoms with E-state index >= 15 is 0 Å². The topological polar surface area (TPSA) is 82.1 Å². The summed E-state index contributed by atoms with van der Waals surface area (Å²) < 4.78 is 47.7. The first-order valence-corrected chi connectivity index (χ1v) is 13.8. The van der Waals surface area contributed by atoms with Crippen LogP contribution in [0.4, 0.5) is 10.1 Å². The van der Waals surface area contributed by atoms with Crippen molar-refractivity contribution in [3.8, 4) is 0 Å². The molecule has 2 fully saturated rings. The van der Waals surface area contributed by atoms with Gasteiger partial charge in [-0.05, 0) is 54.5 Å². The zero-order valence-corrected chi connectivity index (χ0v) is 21.1. The molecule has 2 aromatic rings. The standard InChI is InChI=1S/C26H36FN3O4S/c1-29(17-20-5-7-21(8-6-20)18-30-11-13-34-14-12-30)35(32,33)24-9-10-26(25(27)16-24)28-23-4-2-3-22(15-23)19-31/h5-10,16,22-23,28,31H,2-4,11-15,17-19H2,1H3/t22-,23+/m0/s1. The predicted molar refractivity (Wildman–Crippen MR) is 134 cm³/mol. The van der Waals surface area contributed by atoms with Crippen molar-refractivity contribution >= 4 is 15.7 Å². The van der Waals surface area contributed by atoms with Gasteiger partial charge in [-0.2, -0.15) is 4.31 Å². The van der Waals surface area contributed by atoms with E-state index in [-0.39, 0.29) is 30.0 Å². The highest BCUT2D eigenvalue weighted by atomic mass is 32.2. The molecule has 1 aliphatic carbocycles. The zero-order valence-electron chi connectivity index (χ0n) is 20.3. The Hall–Kier alpha value is -2.04. The smallest absolute Gasteiger partial charge is 0.243 e. The fraction of sp³-hybridized carbons (Fsp3) is 0.538. The Morgan fingerprint density at radius 1 is 1.11 bits per heavy atom. The van der Waals surface area contributed by atoms with E-state index in [1.54, 1.807) is 0 Å². The van der Waals surface area contributed by atoms with E-state index in [0.29, 0.717) is 5.69 Å². The molecule has 35 heavy (non-hydrogen) atoms. The average Bonchev–Trinajstić information content (AvgIpc) is 2.87. The first-order chi connectivity index (χ1) is 16.8. The number of aliphatic hydroxyl groups excluding tert-OH is 1. The molecule has 0 aromatic heterocycles. The van der Waals surface area contributed by atoms with Gasteiger partial charge < -0.3 is 15.2 Å². The highest BCUT2D eigenvalue weighted by Crippen LogP contribution is 2.29. The molecule has 1 heterocycles. The number of benzene rings is 2. The van der Waals surface area contributed by atoms with Gasteiger partial charge >= 0.3 is 0 Å². The number of morpholine rings is 1. The number of aliphatic hydroxyl groups is 1. The largest absolute Gasteiger partial charge is 0.396 e. The summed E-state index contributed by atoms with van der Waals surface area (Å²) in [5.74, 6) is -0.357. The summed E-state index contributed by atoms with van der Waals surface area (Å²) in [5, 5.41) is 12.6. The highest BCUT2D eigenvalue weighted by molar-refractivity contribution is 7.89. The first kappa shape index (κ1) is 26.0. The molecule has 0 bridgehead atoms. The van der Waals surface area contributed by atoms with Gasteiger partial charge in [-0.15, -0.1) is 0 Å². The third kappa shape index (κ3) is 6.80. The summed E-state index contributed by atoms with van der Waals surface area (Å²) in [7, 11) is -2.33. The lowest BCUT2D eigenvalue weighted by Crippen LogP contribution is -2.35. The summed E-state index contributed by atoms with van der Waals surface area (Å²) >= 11 is 0. The maximum atomic E-state index is 14.8. The van der Waals surface area contributed by atoms with E-state index < -0.39 is 15.8 Å². The lowest BCUT2D eigenvalue weighted by atomic mass is 9.86. The quantitative estimate of drug-likeness (QED) is 0.543. The lowest BCUT2D eigenvalue weighted by Gasteiger charge is -2.29. The third-order valence-electron chi connectivity index (χ3n) is 6.99. The number of ether oxygens (including phenoxy) is 1. The summed E-state index contributed by atoms with van der Waals surface area (Å²) in [5.41, 5.74) is 2.34. The van der Waals surface area contributed by atoms with Crippen molar-refractivity contribution in [3.05, 3.63) is 59.4 Å². The molecule has 0 amide bonds. The first-order valence-electron chi connectivity index (χ1n) is 12.4.